The highest BCUT2D eigenvalue weighted by atomic mass is 15.2. The Morgan fingerprint density at radius 1 is 0.492 bits per heavy atom. The van der Waals surface area contributed by atoms with E-state index in [0.717, 1.165) is 61.5 Å². The van der Waals surface area contributed by atoms with E-state index in [1.807, 2.05) is 0 Å². The van der Waals surface area contributed by atoms with Gasteiger partial charge in [0.1, 0.15) is 0 Å². The largest absolute Gasteiger partial charge is 0.277 e. The fraction of sp³-hybridized carbons (Fsp3) is 0.100. The first-order chi connectivity index (χ1) is 30.9. The van der Waals surface area contributed by atoms with Crippen molar-refractivity contribution in [3.8, 4) is 50.6 Å². The Balaban J connectivity index is 1.04. The smallest absolute Gasteiger partial charge is 0.235 e. The second-order valence-corrected chi connectivity index (χ2v) is 17.8. The number of para-hydroxylation sites is 2. The van der Waals surface area contributed by atoms with Gasteiger partial charge in [0.05, 0.1) is 22.2 Å². The molecular formula is C60H45N3. The van der Waals surface area contributed by atoms with Gasteiger partial charge < -0.3 is 0 Å². The van der Waals surface area contributed by atoms with Crippen LogP contribution >= 0.6 is 0 Å². The molecule has 3 heteroatoms. The van der Waals surface area contributed by atoms with Crippen molar-refractivity contribution in [1.29, 1.82) is 0 Å². The average Bonchev–Trinajstić information content (AvgIpc) is 3.80. The first-order valence-corrected chi connectivity index (χ1v) is 22.1. The second-order valence-electron chi connectivity index (χ2n) is 17.8. The topological polar surface area (TPSA) is 30.7 Å². The van der Waals surface area contributed by atoms with Crippen LogP contribution in [0.25, 0.3) is 94.4 Å². The lowest BCUT2D eigenvalue weighted by Crippen LogP contribution is -2.22. The Labute approximate surface area is 368 Å². The third-order valence-corrected chi connectivity index (χ3v) is 13.7. The van der Waals surface area contributed by atoms with E-state index in [-0.39, 0.29) is 5.41 Å². The van der Waals surface area contributed by atoms with Gasteiger partial charge in [-0.05, 0) is 104 Å². The van der Waals surface area contributed by atoms with E-state index in [2.05, 4.69) is 226 Å². The van der Waals surface area contributed by atoms with Crippen molar-refractivity contribution in [1.82, 2.24) is 14.5 Å². The minimum absolute atomic E-state index is 0.00436. The summed E-state index contributed by atoms with van der Waals surface area (Å²) in [4.78, 5) is 10.8. The highest BCUT2D eigenvalue weighted by Gasteiger charge is 2.42. The Morgan fingerprint density at radius 2 is 1.10 bits per heavy atom. The molecule has 0 bridgehead atoms. The summed E-state index contributed by atoms with van der Waals surface area (Å²) < 4.78 is 2.30. The zero-order valence-corrected chi connectivity index (χ0v) is 35.7. The molecule has 0 saturated heterocycles. The van der Waals surface area contributed by atoms with Gasteiger partial charge in [-0.25, -0.2) is 9.97 Å². The summed E-state index contributed by atoms with van der Waals surface area (Å²) in [7, 11) is 0. The van der Waals surface area contributed by atoms with Crippen LogP contribution in [0.1, 0.15) is 43.9 Å². The van der Waals surface area contributed by atoms with Crippen molar-refractivity contribution in [2.75, 3.05) is 0 Å². The van der Waals surface area contributed by atoms with Gasteiger partial charge in [-0.15, -0.1) is 0 Å². The van der Waals surface area contributed by atoms with Gasteiger partial charge in [-0.3, -0.25) is 4.57 Å². The Morgan fingerprint density at radius 3 is 1.90 bits per heavy atom. The van der Waals surface area contributed by atoms with Gasteiger partial charge in [0.2, 0.25) is 5.95 Å². The predicted molar refractivity (Wildman–Crippen MR) is 264 cm³/mol. The molecule has 0 radical (unpaired) electrons. The van der Waals surface area contributed by atoms with Crippen LogP contribution in [0.3, 0.4) is 0 Å². The Hall–Kier alpha value is -7.62. The molecule has 300 valence electrons. The maximum Gasteiger partial charge on any atom is 0.235 e. The summed E-state index contributed by atoms with van der Waals surface area (Å²) in [6.45, 7) is 7.21. The molecular weight excluding hydrogens is 763 g/mol. The molecule has 2 aliphatic carbocycles. The van der Waals surface area contributed by atoms with Crippen LogP contribution in [-0.2, 0) is 5.41 Å². The van der Waals surface area contributed by atoms with Gasteiger partial charge >= 0.3 is 0 Å². The molecule has 0 N–H and O–H groups in total. The molecule has 0 spiro atoms. The van der Waals surface area contributed by atoms with E-state index >= 15 is 0 Å². The molecule has 3 nitrogen and oxygen atoms in total. The number of hydrogen-bond donors (Lipinski definition) is 0. The normalized spacial score (nSPS) is 15.5. The lowest BCUT2D eigenvalue weighted by Gasteiger charge is -2.31. The van der Waals surface area contributed by atoms with E-state index < -0.39 is 0 Å². The van der Waals surface area contributed by atoms with E-state index in [1.54, 1.807) is 5.57 Å². The zero-order valence-electron chi connectivity index (χ0n) is 35.7. The molecule has 63 heavy (non-hydrogen) atoms. The monoisotopic (exact) mass is 807 g/mol. The summed E-state index contributed by atoms with van der Waals surface area (Å²) in [5.41, 5.74) is 20.5. The molecule has 12 rings (SSSR count). The second kappa shape index (κ2) is 14.5. The van der Waals surface area contributed by atoms with Crippen molar-refractivity contribution < 1.29 is 0 Å². The van der Waals surface area contributed by atoms with Crippen molar-refractivity contribution >= 4 is 43.9 Å². The van der Waals surface area contributed by atoms with Gasteiger partial charge in [-0.2, -0.15) is 0 Å². The maximum absolute atomic E-state index is 5.44. The molecule has 1 unspecified atom stereocenters. The molecule has 2 aliphatic rings. The summed E-state index contributed by atoms with van der Waals surface area (Å²) in [6.07, 6.45) is 3.53. The summed E-state index contributed by atoms with van der Waals surface area (Å²) >= 11 is 0. The standard InChI is InChI=1S/C60H45N3/c1-38-31-33-46(55-49-25-10-12-29-52(49)60(2,3)56(38)55)44-23-14-21-41(35-44)42-22-15-24-45(36-42)47-27-16-28-48-51-37-43(39-17-6-4-7-18-39)32-34-54(51)63(58(47)48)59-61-53-30-13-11-26-50(53)57(62-59)40-19-8-5-9-20-40/h4-30,32-38H,31H2,1-3H3. The highest BCUT2D eigenvalue weighted by molar-refractivity contribution is 6.15. The number of benzene rings is 8. The fourth-order valence-electron chi connectivity index (χ4n) is 10.8. The van der Waals surface area contributed by atoms with Crippen LogP contribution in [0.5, 0.6) is 0 Å². The lowest BCUT2D eigenvalue weighted by molar-refractivity contribution is 0.531. The van der Waals surface area contributed by atoms with Crippen LogP contribution in [0.15, 0.2) is 206 Å². The van der Waals surface area contributed by atoms with Crippen LogP contribution in [-0.4, -0.2) is 14.5 Å². The van der Waals surface area contributed by atoms with E-state index in [4.69, 9.17) is 9.97 Å². The summed E-state index contributed by atoms with van der Waals surface area (Å²) in [5, 5.41) is 3.35. The zero-order chi connectivity index (χ0) is 42.2. The molecule has 2 heterocycles. The average molecular weight is 808 g/mol. The van der Waals surface area contributed by atoms with Gasteiger partial charge in [0.25, 0.3) is 0 Å². The van der Waals surface area contributed by atoms with Crippen LogP contribution in [0, 0.1) is 5.92 Å². The first kappa shape index (κ1) is 37.2. The van der Waals surface area contributed by atoms with E-state index in [1.165, 1.54) is 50.1 Å². The number of rotatable bonds is 6. The van der Waals surface area contributed by atoms with E-state index in [0.29, 0.717) is 11.9 Å². The SMILES string of the molecule is CC1CC=C(c2cccc(-c3cccc(-c4cccc5c6cc(-c7ccccc7)ccc6n(-c6nc(-c7ccccc7)c7ccccc7n6)c45)c3)c2)C2=C1C(C)(C)c1ccccc12. The van der Waals surface area contributed by atoms with Crippen LogP contribution < -0.4 is 0 Å². The summed E-state index contributed by atoms with van der Waals surface area (Å²) in [6, 6.07) is 70.3. The van der Waals surface area contributed by atoms with Crippen molar-refractivity contribution in [3.63, 3.8) is 0 Å². The molecule has 10 aromatic rings. The Kier molecular flexibility index (Phi) is 8.55. The fourth-order valence-corrected chi connectivity index (χ4v) is 10.8. The molecule has 0 saturated carbocycles. The maximum atomic E-state index is 5.44. The number of aromatic nitrogens is 3. The van der Waals surface area contributed by atoms with Gasteiger partial charge in [-0.1, -0.05) is 191 Å². The molecule has 8 aromatic carbocycles. The molecule has 0 fully saturated rings. The van der Waals surface area contributed by atoms with Gasteiger partial charge in [0.15, 0.2) is 0 Å². The Bertz CT molecular complexity index is 3510. The minimum atomic E-state index is 0.00436. The van der Waals surface area contributed by atoms with E-state index in [9.17, 15) is 0 Å². The van der Waals surface area contributed by atoms with Crippen molar-refractivity contribution in [2.24, 2.45) is 5.92 Å². The predicted octanol–water partition coefficient (Wildman–Crippen LogP) is 15.6. The van der Waals surface area contributed by atoms with Gasteiger partial charge in [0, 0.05) is 32.7 Å². The minimum Gasteiger partial charge on any atom is -0.277 e. The molecule has 0 aliphatic heterocycles. The highest BCUT2D eigenvalue weighted by Crippen LogP contribution is 2.56. The number of fused-ring (bicyclic) bond motifs is 6. The lowest BCUT2D eigenvalue weighted by atomic mass is 9.72. The third kappa shape index (κ3) is 5.95. The molecule has 1 atom stereocenters. The van der Waals surface area contributed by atoms with Crippen molar-refractivity contribution in [2.45, 2.75) is 32.6 Å². The number of hydrogen-bond acceptors (Lipinski definition) is 2. The van der Waals surface area contributed by atoms with Crippen LogP contribution in [0.4, 0.5) is 0 Å². The summed E-state index contributed by atoms with van der Waals surface area (Å²) in [5.74, 6) is 1.15. The first-order valence-electron chi connectivity index (χ1n) is 22.1. The number of allylic oxidation sites excluding steroid dienone is 4. The van der Waals surface area contributed by atoms with Crippen LogP contribution in [0.2, 0.25) is 0 Å². The third-order valence-electron chi connectivity index (χ3n) is 13.7. The van der Waals surface area contributed by atoms with Crippen molar-refractivity contribution in [3.05, 3.63) is 222 Å². The molecule has 0 amide bonds. The quantitative estimate of drug-likeness (QED) is 0.168. The molecule has 2 aromatic heterocycles. The number of nitrogens with zero attached hydrogens (tertiary/aromatic N) is 3.